The Bertz CT molecular complexity index is 1190. The molecule has 1 amide bonds. The molecule has 3 aromatic heterocycles. The molecule has 10 nitrogen and oxygen atoms in total. The summed E-state index contributed by atoms with van der Waals surface area (Å²) < 4.78 is 9.70. The summed E-state index contributed by atoms with van der Waals surface area (Å²) in [7, 11) is 3.12. The van der Waals surface area contributed by atoms with E-state index in [4.69, 9.17) is 4.42 Å². The fourth-order valence-electron chi connectivity index (χ4n) is 4.12. The van der Waals surface area contributed by atoms with E-state index in [2.05, 4.69) is 4.98 Å². The summed E-state index contributed by atoms with van der Waals surface area (Å²) in [4.78, 5) is 45.3. The van der Waals surface area contributed by atoms with Crippen molar-refractivity contribution in [2.45, 2.75) is 26.4 Å². The first kappa shape index (κ1) is 20.1. The predicted molar refractivity (Wildman–Crippen MR) is 110 cm³/mol. The average Bonchev–Trinajstić information content (AvgIpc) is 3.39. The van der Waals surface area contributed by atoms with Crippen molar-refractivity contribution in [1.29, 1.82) is 0 Å². The molecule has 0 saturated carbocycles. The van der Waals surface area contributed by atoms with Crippen LogP contribution in [0.1, 0.15) is 36.3 Å². The summed E-state index contributed by atoms with van der Waals surface area (Å²) in [6.07, 6.45) is 1.50. The van der Waals surface area contributed by atoms with E-state index < -0.39 is 0 Å². The number of quaternary nitrogens is 1. The van der Waals surface area contributed by atoms with Crippen LogP contribution in [-0.2, 0) is 20.6 Å². The number of hydrogen-bond acceptors (Lipinski definition) is 5. The van der Waals surface area contributed by atoms with Gasteiger partial charge in [0.05, 0.1) is 32.4 Å². The number of nitrogens with one attached hydrogen (secondary N) is 1. The monoisotopic (exact) mass is 415 g/mol. The standard InChI is InChI=1S/C20H26N6O4/c1-13(2)26-15(21-17-16(26)19(28)23(4)20(29)22(17)3)12-24-7-9-25(10-8-24)18(27)14-6-5-11-30-14/h5-6,11,13H,7-10,12H2,1-4H3/p+1. The van der Waals surface area contributed by atoms with Gasteiger partial charge in [0.25, 0.3) is 11.5 Å². The van der Waals surface area contributed by atoms with Crippen LogP contribution in [-0.4, -0.2) is 55.7 Å². The third-order valence-electron chi connectivity index (χ3n) is 5.78. The zero-order valence-electron chi connectivity index (χ0n) is 17.7. The van der Waals surface area contributed by atoms with Crippen LogP contribution in [0.2, 0.25) is 0 Å². The fourth-order valence-corrected chi connectivity index (χ4v) is 4.12. The van der Waals surface area contributed by atoms with Crippen molar-refractivity contribution < 1.29 is 14.1 Å². The van der Waals surface area contributed by atoms with Crippen molar-refractivity contribution in [3.8, 4) is 0 Å². The van der Waals surface area contributed by atoms with E-state index in [0.717, 1.165) is 23.5 Å². The molecule has 10 heteroatoms. The number of aromatic nitrogens is 4. The number of aryl methyl sites for hydroxylation is 1. The number of imidazole rings is 1. The van der Waals surface area contributed by atoms with Crippen molar-refractivity contribution in [2.24, 2.45) is 14.1 Å². The minimum absolute atomic E-state index is 0.0245. The summed E-state index contributed by atoms with van der Waals surface area (Å²) in [5.41, 5.74) is 0.155. The average molecular weight is 415 g/mol. The molecular formula is C20H27N6O4+. The minimum atomic E-state index is -0.384. The predicted octanol–water partition coefficient (Wildman–Crippen LogP) is -0.851. The number of carbonyl (C=O) groups is 1. The third-order valence-corrected chi connectivity index (χ3v) is 5.78. The maximum absolute atomic E-state index is 12.8. The molecule has 0 spiro atoms. The molecule has 0 radical (unpaired) electrons. The summed E-state index contributed by atoms with van der Waals surface area (Å²) in [5, 5.41) is 0. The number of rotatable bonds is 4. The molecule has 0 aromatic carbocycles. The molecule has 4 heterocycles. The van der Waals surface area contributed by atoms with Crippen molar-refractivity contribution in [2.75, 3.05) is 26.2 Å². The molecule has 0 atom stereocenters. The van der Waals surface area contributed by atoms with Gasteiger partial charge < -0.3 is 18.8 Å². The lowest BCUT2D eigenvalue weighted by molar-refractivity contribution is -0.918. The largest absolute Gasteiger partial charge is 0.459 e. The molecule has 0 bridgehead atoms. The first-order valence-corrected chi connectivity index (χ1v) is 10.1. The van der Waals surface area contributed by atoms with E-state index in [-0.39, 0.29) is 23.2 Å². The smallest absolute Gasteiger partial charge is 0.332 e. The molecule has 4 rings (SSSR count). The topological polar surface area (TPSA) is 99.7 Å². The number of carbonyl (C=O) groups excluding carboxylic acids is 1. The Labute approximate surface area is 172 Å². The van der Waals surface area contributed by atoms with Gasteiger partial charge in [0.1, 0.15) is 6.54 Å². The third kappa shape index (κ3) is 3.26. The second-order valence-corrected chi connectivity index (χ2v) is 8.07. The van der Waals surface area contributed by atoms with E-state index in [1.807, 2.05) is 18.4 Å². The summed E-state index contributed by atoms with van der Waals surface area (Å²) in [6.45, 7) is 7.41. The molecule has 1 fully saturated rings. The van der Waals surface area contributed by atoms with E-state index in [1.54, 1.807) is 24.1 Å². The van der Waals surface area contributed by atoms with Gasteiger partial charge in [-0.2, -0.15) is 0 Å². The van der Waals surface area contributed by atoms with Crippen LogP contribution in [0.4, 0.5) is 0 Å². The Kier molecular flexibility index (Phi) is 5.10. The Morgan fingerprint density at radius 3 is 2.50 bits per heavy atom. The Hall–Kier alpha value is -3.14. The Morgan fingerprint density at radius 1 is 1.20 bits per heavy atom. The van der Waals surface area contributed by atoms with Gasteiger partial charge in [-0.25, -0.2) is 9.78 Å². The fraction of sp³-hybridized carbons (Fsp3) is 0.500. The van der Waals surface area contributed by atoms with Crippen LogP contribution in [0.15, 0.2) is 32.4 Å². The summed E-state index contributed by atoms with van der Waals surface area (Å²) in [5.74, 6) is 1.04. The number of nitrogens with zero attached hydrogens (tertiary/aromatic N) is 5. The molecule has 0 aliphatic carbocycles. The first-order valence-electron chi connectivity index (χ1n) is 10.1. The normalized spacial score (nSPS) is 15.4. The second-order valence-electron chi connectivity index (χ2n) is 8.07. The minimum Gasteiger partial charge on any atom is -0.459 e. The number of amides is 1. The van der Waals surface area contributed by atoms with E-state index in [1.165, 1.54) is 22.8 Å². The van der Waals surface area contributed by atoms with E-state index in [0.29, 0.717) is 36.6 Å². The van der Waals surface area contributed by atoms with Gasteiger partial charge in [-0.15, -0.1) is 0 Å². The van der Waals surface area contributed by atoms with Crippen LogP contribution in [0.3, 0.4) is 0 Å². The molecule has 1 aliphatic rings. The van der Waals surface area contributed by atoms with Crippen LogP contribution < -0.4 is 16.1 Å². The lowest BCUT2D eigenvalue weighted by atomic mass is 10.2. The molecule has 1 N–H and O–H groups in total. The number of furan rings is 1. The number of fused-ring (bicyclic) bond motifs is 1. The molecule has 30 heavy (non-hydrogen) atoms. The molecule has 3 aromatic rings. The second kappa shape index (κ2) is 7.60. The zero-order valence-corrected chi connectivity index (χ0v) is 17.7. The van der Waals surface area contributed by atoms with Crippen molar-refractivity contribution in [1.82, 2.24) is 23.6 Å². The lowest BCUT2D eigenvalue weighted by Gasteiger charge is -2.31. The highest BCUT2D eigenvalue weighted by Crippen LogP contribution is 2.17. The van der Waals surface area contributed by atoms with Crippen molar-refractivity contribution >= 4 is 17.1 Å². The highest BCUT2D eigenvalue weighted by atomic mass is 16.3. The molecule has 1 aliphatic heterocycles. The molecule has 1 saturated heterocycles. The van der Waals surface area contributed by atoms with Gasteiger partial charge in [-0.3, -0.25) is 18.7 Å². The maximum Gasteiger partial charge on any atom is 0.332 e. The van der Waals surface area contributed by atoms with Crippen molar-refractivity contribution in [3.63, 3.8) is 0 Å². The van der Waals surface area contributed by atoms with Crippen LogP contribution in [0.5, 0.6) is 0 Å². The molecule has 160 valence electrons. The van der Waals surface area contributed by atoms with Gasteiger partial charge in [0, 0.05) is 20.1 Å². The van der Waals surface area contributed by atoms with Gasteiger partial charge in [-0.1, -0.05) is 0 Å². The van der Waals surface area contributed by atoms with Crippen molar-refractivity contribution in [3.05, 3.63) is 50.8 Å². The summed E-state index contributed by atoms with van der Waals surface area (Å²) >= 11 is 0. The Morgan fingerprint density at radius 2 is 1.90 bits per heavy atom. The van der Waals surface area contributed by atoms with Crippen LogP contribution in [0, 0.1) is 0 Å². The quantitative estimate of drug-likeness (QED) is 0.598. The zero-order chi connectivity index (χ0) is 21.6. The Balaban J connectivity index is 1.59. The van der Waals surface area contributed by atoms with E-state index in [9.17, 15) is 14.4 Å². The van der Waals surface area contributed by atoms with Crippen LogP contribution in [0.25, 0.3) is 11.2 Å². The SMILES string of the molecule is CC(C)n1c(C[NH+]2CCN(C(=O)c3ccco3)CC2)nc2c1c(=O)n(C)c(=O)n2C. The van der Waals surface area contributed by atoms with E-state index >= 15 is 0 Å². The van der Waals surface area contributed by atoms with Crippen LogP contribution >= 0.6 is 0 Å². The lowest BCUT2D eigenvalue weighted by Crippen LogP contribution is -3.13. The van der Waals surface area contributed by atoms with Gasteiger partial charge in [0.15, 0.2) is 22.7 Å². The molecule has 0 unspecified atom stereocenters. The summed E-state index contributed by atoms with van der Waals surface area (Å²) in [6, 6.07) is 3.41. The number of piperazine rings is 1. The van der Waals surface area contributed by atoms with Gasteiger partial charge >= 0.3 is 5.69 Å². The van der Waals surface area contributed by atoms with Gasteiger partial charge in [0.2, 0.25) is 0 Å². The van der Waals surface area contributed by atoms with Gasteiger partial charge in [-0.05, 0) is 26.0 Å². The highest BCUT2D eigenvalue weighted by molar-refractivity contribution is 5.91. The number of hydrogen-bond donors (Lipinski definition) is 1. The maximum atomic E-state index is 12.8. The molecular weight excluding hydrogens is 388 g/mol. The highest BCUT2D eigenvalue weighted by Gasteiger charge is 2.28. The first-order chi connectivity index (χ1) is 14.3.